The minimum atomic E-state index is -0.430. The molecule has 0 fully saturated rings. The smallest absolute Gasteiger partial charge is 0.138 e. The Bertz CT molecular complexity index is 476. The standard InChI is InChI=1S/C9H9FN2O/c1-5-9-7(10)3-6(13)4-8(9)12(2)11-5/h3-4,13H,1-2H3. The molecule has 0 aliphatic heterocycles. The fourth-order valence-electron chi connectivity index (χ4n) is 1.52. The summed E-state index contributed by atoms with van der Waals surface area (Å²) < 4.78 is 14.9. The van der Waals surface area contributed by atoms with Crippen molar-refractivity contribution < 1.29 is 9.50 Å². The van der Waals surface area contributed by atoms with E-state index in [-0.39, 0.29) is 5.75 Å². The molecule has 0 saturated heterocycles. The second-order valence-corrected chi connectivity index (χ2v) is 3.03. The van der Waals surface area contributed by atoms with Crippen LogP contribution in [0.5, 0.6) is 5.75 Å². The summed E-state index contributed by atoms with van der Waals surface area (Å²) in [5, 5.41) is 13.7. The van der Waals surface area contributed by atoms with Gasteiger partial charge in [-0.15, -0.1) is 0 Å². The quantitative estimate of drug-likeness (QED) is 0.670. The number of nitrogens with zero attached hydrogens (tertiary/aromatic N) is 2. The Hall–Kier alpha value is -1.58. The van der Waals surface area contributed by atoms with Gasteiger partial charge < -0.3 is 5.11 Å². The van der Waals surface area contributed by atoms with Crippen LogP contribution in [0.15, 0.2) is 12.1 Å². The van der Waals surface area contributed by atoms with Crippen molar-refractivity contribution in [1.82, 2.24) is 9.78 Å². The van der Waals surface area contributed by atoms with Crippen molar-refractivity contribution in [2.24, 2.45) is 7.05 Å². The van der Waals surface area contributed by atoms with Gasteiger partial charge in [-0.05, 0) is 6.92 Å². The topological polar surface area (TPSA) is 38.0 Å². The molecule has 2 rings (SSSR count). The van der Waals surface area contributed by atoms with Gasteiger partial charge in [-0.3, -0.25) is 4.68 Å². The third-order valence-electron chi connectivity index (χ3n) is 2.06. The van der Waals surface area contributed by atoms with Crippen molar-refractivity contribution in [3.05, 3.63) is 23.6 Å². The van der Waals surface area contributed by atoms with Crippen molar-refractivity contribution in [2.75, 3.05) is 0 Å². The summed E-state index contributed by atoms with van der Waals surface area (Å²) in [6.45, 7) is 1.74. The second-order valence-electron chi connectivity index (χ2n) is 3.03. The van der Waals surface area contributed by atoms with E-state index in [1.165, 1.54) is 6.07 Å². The van der Waals surface area contributed by atoms with Crippen LogP contribution in [0.3, 0.4) is 0 Å². The van der Waals surface area contributed by atoms with Crippen molar-refractivity contribution in [3.8, 4) is 5.75 Å². The molecule has 1 aromatic heterocycles. The molecule has 0 unspecified atom stereocenters. The van der Waals surface area contributed by atoms with Crippen LogP contribution in [0.25, 0.3) is 10.9 Å². The highest BCUT2D eigenvalue weighted by Crippen LogP contribution is 2.25. The summed E-state index contributed by atoms with van der Waals surface area (Å²) in [6.07, 6.45) is 0. The molecule has 0 atom stereocenters. The number of aromatic nitrogens is 2. The normalized spacial score (nSPS) is 11.0. The van der Waals surface area contributed by atoms with Gasteiger partial charge in [-0.1, -0.05) is 0 Å². The summed E-state index contributed by atoms with van der Waals surface area (Å²) >= 11 is 0. The summed E-state index contributed by atoms with van der Waals surface area (Å²) in [4.78, 5) is 0. The third-order valence-corrected chi connectivity index (χ3v) is 2.06. The van der Waals surface area contributed by atoms with Crippen LogP contribution in [-0.2, 0) is 7.05 Å². The van der Waals surface area contributed by atoms with Crippen LogP contribution < -0.4 is 0 Å². The molecule has 3 nitrogen and oxygen atoms in total. The Labute approximate surface area is 74.4 Å². The lowest BCUT2D eigenvalue weighted by Gasteiger charge is -1.96. The molecule has 0 radical (unpaired) electrons. The first-order valence-corrected chi connectivity index (χ1v) is 3.91. The van der Waals surface area contributed by atoms with Crippen LogP contribution >= 0.6 is 0 Å². The molecule has 68 valence electrons. The third kappa shape index (κ3) is 1.06. The van der Waals surface area contributed by atoms with Crippen molar-refractivity contribution in [1.29, 1.82) is 0 Å². The second kappa shape index (κ2) is 2.45. The lowest BCUT2D eigenvalue weighted by Crippen LogP contribution is -1.89. The molecule has 13 heavy (non-hydrogen) atoms. The first-order valence-electron chi connectivity index (χ1n) is 3.91. The van der Waals surface area contributed by atoms with Crippen LogP contribution in [0.4, 0.5) is 4.39 Å². The van der Waals surface area contributed by atoms with Crippen LogP contribution in [0.1, 0.15) is 5.69 Å². The lowest BCUT2D eigenvalue weighted by molar-refractivity contribution is 0.470. The predicted octanol–water partition coefficient (Wildman–Crippen LogP) is 1.73. The molecule has 0 bridgehead atoms. The van der Waals surface area contributed by atoms with E-state index in [1.54, 1.807) is 18.7 Å². The van der Waals surface area contributed by atoms with Gasteiger partial charge in [0, 0.05) is 19.2 Å². The summed E-state index contributed by atoms with van der Waals surface area (Å²) in [6, 6.07) is 2.59. The van der Waals surface area contributed by atoms with Gasteiger partial charge in [0.05, 0.1) is 16.6 Å². The lowest BCUT2D eigenvalue weighted by atomic mass is 10.2. The zero-order chi connectivity index (χ0) is 9.59. The minimum absolute atomic E-state index is 0.0759. The molecule has 1 heterocycles. The molecule has 0 saturated carbocycles. The maximum atomic E-state index is 13.3. The number of benzene rings is 1. The fourth-order valence-corrected chi connectivity index (χ4v) is 1.52. The number of phenolic OH excluding ortho intramolecular Hbond substituents is 1. The van der Waals surface area contributed by atoms with Gasteiger partial charge in [-0.25, -0.2) is 4.39 Å². The molecule has 0 aliphatic carbocycles. The molecule has 2 aromatic rings. The number of halogens is 1. The highest BCUT2D eigenvalue weighted by molar-refractivity contribution is 5.83. The van der Waals surface area contributed by atoms with Gasteiger partial charge in [0.1, 0.15) is 11.6 Å². The van der Waals surface area contributed by atoms with Gasteiger partial charge in [0.15, 0.2) is 0 Å². The molecule has 0 amide bonds. The molecule has 0 aliphatic rings. The molecule has 1 N–H and O–H groups in total. The Morgan fingerprint density at radius 3 is 2.85 bits per heavy atom. The van der Waals surface area contributed by atoms with Gasteiger partial charge in [0.2, 0.25) is 0 Å². The van der Waals surface area contributed by atoms with Crippen molar-refractivity contribution >= 4 is 10.9 Å². The van der Waals surface area contributed by atoms with Crippen LogP contribution in [-0.4, -0.2) is 14.9 Å². The molecule has 0 spiro atoms. The number of aromatic hydroxyl groups is 1. The molecular formula is C9H9FN2O. The SMILES string of the molecule is Cc1nn(C)c2cc(O)cc(F)c12. The average molecular weight is 180 g/mol. The average Bonchev–Trinajstić information content (AvgIpc) is 2.27. The van der Waals surface area contributed by atoms with E-state index in [9.17, 15) is 4.39 Å². The van der Waals surface area contributed by atoms with E-state index < -0.39 is 5.82 Å². The largest absolute Gasteiger partial charge is 0.508 e. The fraction of sp³-hybridized carbons (Fsp3) is 0.222. The summed E-state index contributed by atoms with van der Waals surface area (Å²) in [5.74, 6) is -0.506. The van der Waals surface area contributed by atoms with Crippen LogP contribution in [0.2, 0.25) is 0 Å². The number of rotatable bonds is 0. The zero-order valence-corrected chi connectivity index (χ0v) is 7.37. The van der Waals surface area contributed by atoms with Crippen molar-refractivity contribution in [2.45, 2.75) is 6.92 Å². The Balaban J connectivity index is 2.97. The molecule has 1 aromatic carbocycles. The van der Waals surface area contributed by atoms with Crippen molar-refractivity contribution in [3.63, 3.8) is 0 Å². The van der Waals surface area contributed by atoms with E-state index in [0.29, 0.717) is 16.6 Å². The number of phenols is 1. The molecule has 4 heteroatoms. The van der Waals surface area contributed by atoms with E-state index in [2.05, 4.69) is 5.10 Å². The zero-order valence-electron chi connectivity index (χ0n) is 7.37. The highest BCUT2D eigenvalue weighted by Gasteiger charge is 2.10. The van der Waals surface area contributed by atoms with E-state index in [4.69, 9.17) is 5.11 Å². The van der Waals surface area contributed by atoms with Crippen LogP contribution in [0, 0.1) is 12.7 Å². The van der Waals surface area contributed by atoms with Gasteiger partial charge >= 0.3 is 0 Å². The van der Waals surface area contributed by atoms with Gasteiger partial charge in [0.25, 0.3) is 0 Å². The predicted molar refractivity (Wildman–Crippen MR) is 47.1 cm³/mol. The number of aryl methyl sites for hydroxylation is 2. The Morgan fingerprint density at radius 1 is 1.46 bits per heavy atom. The number of hydrogen-bond donors (Lipinski definition) is 1. The Morgan fingerprint density at radius 2 is 2.15 bits per heavy atom. The first kappa shape index (κ1) is 8.04. The van der Waals surface area contributed by atoms with Gasteiger partial charge in [-0.2, -0.15) is 5.10 Å². The Kier molecular flexibility index (Phi) is 1.52. The van der Waals surface area contributed by atoms with E-state index >= 15 is 0 Å². The highest BCUT2D eigenvalue weighted by atomic mass is 19.1. The van der Waals surface area contributed by atoms with E-state index in [0.717, 1.165) is 6.07 Å². The minimum Gasteiger partial charge on any atom is -0.508 e. The molecular weight excluding hydrogens is 171 g/mol. The maximum absolute atomic E-state index is 13.3. The number of hydrogen-bond acceptors (Lipinski definition) is 2. The first-order chi connectivity index (χ1) is 6.09. The monoisotopic (exact) mass is 180 g/mol. The van der Waals surface area contributed by atoms with E-state index in [1.807, 2.05) is 0 Å². The maximum Gasteiger partial charge on any atom is 0.138 e. The summed E-state index contributed by atoms with van der Waals surface area (Å²) in [7, 11) is 1.72. The number of fused-ring (bicyclic) bond motifs is 1. The summed E-state index contributed by atoms with van der Waals surface area (Å²) in [5.41, 5.74) is 1.24.